The maximum Gasteiger partial charge on any atom is 0.279 e. The average molecular weight is 592 g/mol. The van der Waals surface area contributed by atoms with Gasteiger partial charge in [-0.05, 0) is 61.5 Å². The van der Waals surface area contributed by atoms with Crippen LogP contribution in [0.4, 0.5) is 9.80 Å². The zero-order valence-corrected chi connectivity index (χ0v) is 24.8. The molecule has 3 heterocycles. The van der Waals surface area contributed by atoms with Gasteiger partial charge in [0, 0.05) is 34.0 Å². The van der Waals surface area contributed by atoms with Crippen LogP contribution in [0.1, 0.15) is 24.5 Å². The SMILES string of the molecule is C[C@H]1[C@H]([Si](C)(C)F)[C@@H](CCO)O[C@]12C(=O)N(Cc1cccc(-n3ncc4ccccc4c3=O)c1)c1ccc(Cl)cc12. The van der Waals surface area contributed by atoms with Crippen molar-refractivity contribution in [2.45, 2.75) is 50.2 Å². The van der Waals surface area contributed by atoms with Crippen molar-refractivity contribution in [3.8, 4) is 5.69 Å². The number of carbonyl (C=O) groups excluding carboxylic acids is 1. The predicted octanol–water partition coefficient (Wildman–Crippen LogP) is 5.74. The molecule has 0 bridgehead atoms. The summed E-state index contributed by atoms with van der Waals surface area (Å²) in [4.78, 5) is 29.3. The summed E-state index contributed by atoms with van der Waals surface area (Å²) >= 11 is 6.43. The number of hydrogen-bond acceptors (Lipinski definition) is 5. The fourth-order valence-corrected chi connectivity index (χ4v) is 9.53. The van der Waals surface area contributed by atoms with Crippen molar-refractivity contribution >= 4 is 42.4 Å². The number of nitrogens with zero attached hydrogens (tertiary/aromatic N) is 3. The first-order valence-corrected chi connectivity index (χ1v) is 17.1. The van der Waals surface area contributed by atoms with E-state index < -0.39 is 31.6 Å². The zero-order valence-electron chi connectivity index (χ0n) is 23.1. The number of aliphatic hydroxyl groups excluding tert-OH is 1. The van der Waals surface area contributed by atoms with Crippen LogP contribution in [0.5, 0.6) is 0 Å². The van der Waals surface area contributed by atoms with Crippen LogP contribution < -0.4 is 10.5 Å². The van der Waals surface area contributed by atoms with Crippen molar-refractivity contribution in [2.24, 2.45) is 5.92 Å². The van der Waals surface area contributed by atoms with Crippen molar-refractivity contribution in [1.82, 2.24) is 9.78 Å². The number of carbonyl (C=O) groups is 1. The summed E-state index contributed by atoms with van der Waals surface area (Å²) in [5.74, 6) is -0.746. The minimum absolute atomic E-state index is 0.163. The van der Waals surface area contributed by atoms with Gasteiger partial charge in [-0.1, -0.05) is 48.9 Å². The predicted molar refractivity (Wildman–Crippen MR) is 160 cm³/mol. The zero-order chi connectivity index (χ0) is 29.1. The molecular formula is C31H31ClFN3O4Si. The smallest absolute Gasteiger partial charge is 0.279 e. The van der Waals surface area contributed by atoms with Gasteiger partial charge in [0.2, 0.25) is 8.41 Å². The van der Waals surface area contributed by atoms with Gasteiger partial charge in [0.1, 0.15) is 0 Å². The van der Waals surface area contributed by atoms with Gasteiger partial charge in [0.25, 0.3) is 11.5 Å². The molecule has 10 heteroatoms. The van der Waals surface area contributed by atoms with E-state index in [1.165, 1.54) is 4.68 Å². The molecule has 7 nitrogen and oxygen atoms in total. The molecule has 41 heavy (non-hydrogen) atoms. The van der Waals surface area contributed by atoms with E-state index in [0.717, 1.165) is 10.9 Å². The van der Waals surface area contributed by atoms with E-state index in [4.69, 9.17) is 16.3 Å². The molecule has 212 valence electrons. The molecular weight excluding hydrogens is 561 g/mol. The fourth-order valence-electron chi connectivity index (χ4n) is 6.82. The Labute approximate surface area is 243 Å². The topological polar surface area (TPSA) is 84.7 Å². The van der Waals surface area contributed by atoms with E-state index >= 15 is 4.11 Å². The molecule has 1 amide bonds. The van der Waals surface area contributed by atoms with Gasteiger partial charge in [-0.15, -0.1) is 0 Å². The second kappa shape index (κ2) is 10.2. The third kappa shape index (κ3) is 4.42. The first-order valence-electron chi connectivity index (χ1n) is 13.7. The summed E-state index contributed by atoms with van der Waals surface area (Å²) in [6.45, 7) is 5.17. The first-order chi connectivity index (χ1) is 19.6. The number of aliphatic hydroxyl groups is 1. The van der Waals surface area contributed by atoms with Crippen molar-refractivity contribution in [3.63, 3.8) is 0 Å². The van der Waals surface area contributed by atoms with Gasteiger partial charge in [0.05, 0.1) is 35.6 Å². The Bertz CT molecular complexity index is 1720. The second-order valence-electron chi connectivity index (χ2n) is 11.5. The summed E-state index contributed by atoms with van der Waals surface area (Å²) in [5.41, 5.74) is 0.507. The molecule has 1 fully saturated rings. The van der Waals surface area contributed by atoms with Crippen molar-refractivity contribution < 1.29 is 18.7 Å². The summed E-state index contributed by atoms with van der Waals surface area (Å²) < 4.78 is 23.6. The molecule has 1 N–H and O–H groups in total. The lowest BCUT2D eigenvalue weighted by atomic mass is 9.82. The third-order valence-corrected chi connectivity index (χ3v) is 11.2. The molecule has 1 aromatic heterocycles. The van der Waals surface area contributed by atoms with E-state index in [0.29, 0.717) is 27.3 Å². The normalized spacial score (nSPS) is 24.0. The molecule has 1 saturated heterocycles. The number of anilines is 1. The Morgan fingerprint density at radius 2 is 1.88 bits per heavy atom. The number of hydrogen-bond donors (Lipinski definition) is 1. The van der Waals surface area contributed by atoms with Gasteiger partial charge in [-0.2, -0.15) is 9.78 Å². The third-order valence-electron chi connectivity index (χ3n) is 8.53. The minimum Gasteiger partial charge on any atom is -0.396 e. The number of rotatable bonds is 6. The number of halogens is 2. The fraction of sp³-hybridized carbons (Fsp3) is 0.323. The van der Waals surface area contributed by atoms with Crippen LogP contribution in [0.25, 0.3) is 16.5 Å². The van der Waals surface area contributed by atoms with Crippen LogP contribution in [-0.4, -0.2) is 41.9 Å². The molecule has 4 atom stereocenters. The maximum absolute atomic E-state index is 15.7. The molecule has 2 aliphatic heterocycles. The highest BCUT2D eigenvalue weighted by Gasteiger charge is 2.66. The molecule has 0 radical (unpaired) electrons. The Kier molecular flexibility index (Phi) is 6.89. The number of benzene rings is 3. The summed E-state index contributed by atoms with van der Waals surface area (Å²) in [5, 5.41) is 15.9. The van der Waals surface area contributed by atoms with Crippen LogP contribution in [0.2, 0.25) is 23.7 Å². The molecule has 6 rings (SSSR count). The molecule has 2 aliphatic rings. The quantitative estimate of drug-likeness (QED) is 0.228. The molecule has 0 unspecified atom stereocenters. The lowest BCUT2D eigenvalue weighted by molar-refractivity contribution is -0.146. The van der Waals surface area contributed by atoms with Crippen LogP contribution in [-0.2, 0) is 21.7 Å². The Morgan fingerprint density at radius 1 is 1.10 bits per heavy atom. The van der Waals surface area contributed by atoms with Crippen molar-refractivity contribution in [2.75, 3.05) is 11.5 Å². The number of amides is 1. The average Bonchev–Trinajstić information content (AvgIpc) is 3.36. The van der Waals surface area contributed by atoms with Gasteiger partial charge >= 0.3 is 0 Å². The highest BCUT2D eigenvalue weighted by molar-refractivity contribution is 6.72. The maximum atomic E-state index is 15.7. The second-order valence-corrected chi connectivity index (χ2v) is 15.7. The van der Waals surface area contributed by atoms with Crippen LogP contribution >= 0.6 is 11.6 Å². The van der Waals surface area contributed by atoms with E-state index in [9.17, 15) is 14.7 Å². The van der Waals surface area contributed by atoms with Crippen molar-refractivity contribution in [3.05, 3.63) is 99.4 Å². The summed E-state index contributed by atoms with van der Waals surface area (Å²) in [6.07, 6.45) is 1.31. The molecule has 1 spiro atoms. The largest absolute Gasteiger partial charge is 0.396 e. The van der Waals surface area contributed by atoms with Gasteiger partial charge in [-0.25, -0.2) is 0 Å². The summed E-state index contributed by atoms with van der Waals surface area (Å²) in [7, 11) is -3.29. The molecule has 3 aromatic carbocycles. The molecule has 0 saturated carbocycles. The van der Waals surface area contributed by atoms with E-state index in [1.807, 2.05) is 43.3 Å². The standard InChI is InChI=1S/C31H31ClFN3O4Si/c1-19-28(41(2,3)33)27(13-14-37)40-31(19)25-16-22(32)11-12-26(25)35(30(31)39)18-20-7-6-9-23(15-20)36-29(38)24-10-5-4-8-21(24)17-34-36/h4-12,15-17,19,27-28,37H,13-14,18H2,1-3H3/t19-,27+,28-,31+/m0/s1. The van der Waals surface area contributed by atoms with Crippen LogP contribution in [0.3, 0.4) is 0 Å². The number of fused-ring (bicyclic) bond motifs is 3. The van der Waals surface area contributed by atoms with Crippen LogP contribution in [0, 0.1) is 5.92 Å². The van der Waals surface area contributed by atoms with Gasteiger partial charge < -0.3 is 18.9 Å². The van der Waals surface area contributed by atoms with E-state index in [2.05, 4.69) is 5.10 Å². The lowest BCUT2D eigenvalue weighted by Gasteiger charge is -2.31. The Hall–Kier alpha value is -3.37. The van der Waals surface area contributed by atoms with E-state index in [1.54, 1.807) is 54.5 Å². The van der Waals surface area contributed by atoms with Crippen LogP contribution in [0.15, 0.2) is 77.7 Å². The first kappa shape index (κ1) is 27.8. The molecule has 0 aliphatic carbocycles. The minimum atomic E-state index is -3.29. The lowest BCUT2D eigenvalue weighted by Crippen LogP contribution is -2.45. The Morgan fingerprint density at radius 3 is 2.63 bits per heavy atom. The number of aromatic nitrogens is 2. The monoisotopic (exact) mass is 591 g/mol. The highest BCUT2D eigenvalue weighted by Crippen LogP contribution is 2.60. The Balaban J connectivity index is 1.40. The summed E-state index contributed by atoms with van der Waals surface area (Å²) in [6, 6.07) is 19.9. The van der Waals surface area contributed by atoms with Crippen molar-refractivity contribution in [1.29, 1.82) is 0 Å². The molecule has 4 aromatic rings. The van der Waals surface area contributed by atoms with Gasteiger partial charge in [0.15, 0.2) is 5.60 Å². The van der Waals surface area contributed by atoms with Gasteiger partial charge in [-0.3, -0.25) is 9.59 Å². The number of ether oxygens (including phenoxy) is 1. The highest BCUT2D eigenvalue weighted by atomic mass is 35.5. The van der Waals surface area contributed by atoms with E-state index in [-0.39, 0.29) is 31.0 Å².